The number of amides is 3. The number of carbonyl (C=O) groups excluding carboxylic acids is 3. The molecule has 2 bridgehead atoms. The molecule has 0 aromatic heterocycles. The van der Waals surface area contributed by atoms with Crippen LogP contribution in [0, 0.1) is 23.7 Å². The van der Waals surface area contributed by atoms with Gasteiger partial charge >= 0.3 is 0 Å². The van der Waals surface area contributed by atoms with Crippen LogP contribution in [0.25, 0.3) is 0 Å². The molecule has 3 fully saturated rings. The van der Waals surface area contributed by atoms with Crippen LogP contribution in [-0.4, -0.2) is 92.4 Å². The Labute approximate surface area is 227 Å². The summed E-state index contributed by atoms with van der Waals surface area (Å²) in [5, 5.41) is 10.5. The summed E-state index contributed by atoms with van der Waals surface area (Å²) in [5.74, 6) is -1.23. The lowest BCUT2D eigenvalue weighted by atomic mass is 9.65. The first-order valence-corrected chi connectivity index (χ1v) is 14.8. The van der Waals surface area contributed by atoms with E-state index in [1.807, 2.05) is 18.7 Å². The van der Waals surface area contributed by atoms with Crippen molar-refractivity contribution in [3.05, 3.63) is 25.3 Å². The van der Waals surface area contributed by atoms with Crippen LogP contribution in [0.2, 0.25) is 0 Å². The molecule has 3 rings (SSSR count). The maximum Gasteiger partial charge on any atom is 0.247 e. The van der Waals surface area contributed by atoms with Crippen molar-refractivity contribution < 1.29 is 19.5 Å². The van der Waals surface area contributed by atoms with Gasteiger partial charge in [0.15, 0.2) is 0 Å². The fourth-order valence-corrected chi connectivity index (χ4v) is 9.48. The molecule has 3 amide bonds. The highest BCUT2D eigenvalue weighted by molar-refractivity contribution is 8.02. The molecule has 0 aliphatic carbocycles. The standard InChI is InChI=1S/C29H47N3O4S/c1-9-13-20(7)31(15-11-3)28(36)25-29-19(6)16-22(37-29)23(26(34)30(8)14-10-2)24(29)27(35)32(25)21(17-33)18(5)12-4/h10-11,18-25,33H,2-3,9,12-17H2,1,4-8H3/t18-,19?,20?,21-,22+,23-,24-,25?,29?/m0/s1. The molecule has 0 saturated carbocycles. The first kappa shape index (κ1) is 29.8. The summed E-state index contributed by atoms with van der Waals surface area (Å²) in [6.07, 6.45) is 6.80. The molecule has 8 heteroatoms. The number of fused-ring (bicyclic) bond motifs is 1. The molecule has 0 radical (unpaired) electrons. The van der Waals surface area contributed by atoms with Crippen LogP contribution in [-0.2, 0) is 14.4 Å². The predicted molar refractivity (Wildman–Crippen MR) is 150 cm³/mol. The number of aliphatic hydroxyl groups is 1. The third-order valence-electron chi connectivity index (χ3n) is 9.17. The van der Waals surface area contributed by atoms with Gasteiger partial charge in [-0.1, -0.05) is 52.7 Å². The summed E-state index contributed by atoms with van der Waals surface area (Å²) in [6, 6.07) is -1.20. The lowest BCUT2D eigenvalue weighted by Gasteiger charge is -2.44. The van der Waals surface area contributed by atoms with E-state index < -0.39 is 28.7 Å². The van der Waals surface area contributed by atoms with Gasteiger partial charge in [-0.2, -0.15) is 0 Å². The Hall–Kier alpha value is -1.80. The summed E-state index contributed by atoms with van der Waals surface area (Å²) in [4.78, 5) is 48.0. The lowest BCUT2D eigenvalue weighted by Crippen LogP contribution is -2.61. The van der Waals surface area contributed by atoms with E-state index in [4.69, 9.17) is 0 Å². The van der Waals surface area contributed by atoms with E-state index in [0.29, 0.717) is 13.1 Å². The Morgan fingerprint density at radius 3 is 2.41 bits per heavy atom. The molecule has 1 N–H and O–H groups in total. The summed E-state index contributed by atoms with van der Waals surface area (Å²) in [6.45, 7) is 18.6. The molecule has 3 heterocycles. The van der Waals surface area contributed by atoms with E-state index in [9.17, 15) is 19.5 Å². The fourth-order valence-electron chi connectivity index (χ4n) is 7.09. The van der Waals surface area contributed by atoms with Crippen molar-refractivity contribution in [3.8, 4) is 0 Å². The van der Waals surface area contributed by atoms with Crippen molar-refractivity contribution in [1.29, 1.82) is 0 Å². The Balaban J connectivity index is 2.17. The van der Waals surface area contributed by atoms with Crippen molar-refractivity contribution >= 4 is 29.5 Å². The van der Waals surface area contributed by atoms with Crippen molar-refractivity contribution in [2.75, 3.05) is 26.7 Å². The number of hydrogen-bond acceptors (Lipinski definition) is 5. The van der Waals surface area contributed by atoms with Gasteiger partial charge in [0.25, 0.3) is 0 Å². The second-order valence-electron chi connectivity index (χ2n) is 11.4. The van der Waals surface area contributed by atoms with Crippen LogP contribution in [0.3, 0.4) is 0 Å². The zero-order valence-corrected chi connectivity index (χ0v) is 24.4. The average molecular weight is 534 g/mol. The molecule has 1 spiro atoms. The summed E-state index contributed by atoms with van der Waals surface area (Å²) in [5.41, 5.74) is 0. The molecule has 3 aliphatic rings. The van der Waals surface area contributed by atoms with Crippen molar-refractivity contribution in [2.45, 2.75) is 88.4 Å². The van der Waals surface area contributed by atoms with Crippen LogP contribution in [0.15, 0.2) is 25.3 Å². The molecule has 0 aromatic carbocycles. The fraction of sp³-hybridized carbons (Fsp3) is 0.759. The number of thioether (sulfide) groups is 1. The second-order valence-corrected chi connectivity index (χ2v) is 12.9. The van der Waals surface area contributed by atoms with Crippen LogP contribution in [0.1, 0.15) is 60.3 Å². The van der Waals surface area contributed by atoms with E-state index in [0.717, 1.165) is 25.7 Å². The predicted octanol–water partition coefficient (Wildman–Crippen LogP) is 3.58. The molecular weight excluding hydrogens is 486 g/mol. The average Bonchev–Trinajstić information content (AvgIpc) is 3.46. The first-order valence-electron chi connectivity index (χ1n) is 13.9. The molecule has 0 aromatic rings. The van der Waals surface area contributed by atoms with Gasteiger partial charge in [-0.3, -0.25) is 14.4 Å². The largest absolute Gasteiger partial charge is 0.394 e. The van der Waals surface area contributed by atoms with E-state index >= 15 is 0 Å². The number of nitrogens with zero attached hydrogens (tertiary/aromatic N) is 3. The highest BCUT2D eigenvalue weighted by atomic mass is 32.2. The zero-order valence-electron chi connectivity index (χ0n) is 23.6. The van der Waals surface area contributed by atoms with Gasteiger partial charge in [0, 0.05) is 31.4 Å². The lowest BCUT2D eigenvalue weighted by molar-refractivity contribution is -0.148. The monoisotopic (exact) mass is 533 g/mol. The molecule has 3 saturated heterocycles. The molecule has 7 nitrogen and oxygen atoms in total. The van der Waals surface area contributed by atoms with Gasteiger partial charge in [-0.05, 0) is 31.6 Å². The maximum atomic E-state index is 14.6. The van der Waals surface area contributed by atoms with Gasteiger partial charge in [0.2, 0.25) is 17.7 Å². The molecule has 9 atom stereocenters. The van der Waals surface area contributed by atoms with Gasteiger partial charge in [-0.25, -0.2) is 0 Å². The quantitative estimate of drug-likeness (QED) is 0.366. The van der Waals surface area contributed by atoms with Crippen LogP contribution in [0.5, 0.6) is 0 Å². The van der Waals surface area contributed by atoms with Crippen LogP contribution >= 0.6 is 11.8 Å². The third kappa shape index (κ3) is 4.77. The van der Waals surface area contributed by atoms with Gasteiger partial charge in [0.05, 0.1) is 29.2 Å². The van der Waals surface area contributed by atoms with Gasteiger partial charge < -0.3 is 19.8 Å². The minimum Gasteiger partial charge on any atom is -0.394 e. The van der Waals surface area contributed by atoms with E-state index in [-0.39, 0.29) is 47.5 Å². The maximum absolute atomic E-state index is 14.6. The number of aliphatic hydroxyl groups excluding tert-OH is 1. The Kier molecular flexibility index (Phi) is 9.60. The SMILES string of the molecule is C=CCN(C)C(=O)[C@@H]1[C@H]2C(=O)N([C@@H](CO)[C@@H](C)CC)C(C(=O)N(CC=C)C(C)CCC)C23S[C@@H]1CC3C. The summed E-state index contributed by atoms with van der Waals surface area (Å²) in [7, 11) is 1.75. The van der Waals surface area contributed by atoms with Crippen LogP contribution in [0.4, 0.5) is 0 Å². The topological polar surface area (TPSA) is 81.2 Å². The number of carbonyl (C=O) groups is 3. The molecule has 208 valence electrons. The highest BCUT2D eigenvalue weighted by Crippen LogP contribution is 2.69. The highest BCUT2D eigenvalue weighted by Gasteiger charge is 2.77. The summed E-state index contributed by atoms with van der Waals surface area (Å²) >= 11 is 1.69. The van der Waals surface area contributed by atoms with Gasteiger partial charge in [-0.15, -0.1) is 24.9 Å². The summed E-state index contributed by atoms with van der Waals surface area (Å²) < 4.78 is -0.694. The smallest absolute Gasteiger partial charge is 0.247 e. The zero-order chi connectivity index (χ0) is 27.7. The minimum atomic E-state index is -0.720. The van der Waals surface area contributed by atoms with Gasteiger partial charge in [0.1, 0.15) is 6.04 Å². The van der Waals surface area contributed by atoms with Crippen molar-refractivity contribution in [2.24, 2.45) is 23.7 Å². The normalized spacial score (nSPS) is 32.6. The number of likely N-dealkylation sites (N-methyl/N-ethyl adjacent to an activating group) is 1. The molecule has 4 unspecified atom stereocenters. The Bertz CT molecular complexity index is 896. The molecular formula is C29H47N3O4S. The minimum absolute atomic E-state index is 0.00161. The Morgan fingerprint density at radius 1 is 1.22 bits per heavy atom. The van der Waals surface area contributed by atoms with E-state index in [2.05, 4.69) is 33.9 Å². The molecule has 3 aliphatic heterocycles. The van der Waals surface area contributed by atoms with E-state index in [1.54, 1.807) is 40.8 Å². The Morgan fingerprint density at radius 2 is 1.86 bits per heavy atom. The van der Waals surface area contributed by atoms with Crippen molar-refractivity contribution in [1.82, 2.24) is 14.7 Å². The van der Waals surface area contributed by atoms with Crippen LogP contribution < -0.4 is 0 Å². The number of hydrogen-bond donors (Lipinski definition) is 1. The number of likely N-dealkylation sites (tertiary alicyclic amines) is 1. The second kappa shape index (κ2) is 11.9. The van der Waals surface area contributed by atoms with E-state index in [1.165, 1.54) is 0 Å². The molecule has 37 heavy (non-hydrogen) atoms. The first-order chi connectivity index (χ1) is 17.6. The third-order valence-corrected chi connectivity index (χ3v) is 11.3. The van der Waals surface area contributed by atoms with Crippen molar-refractivity contribution in [3.63, 3.8) is 0 Å². The number of rotatable bonds is 13.